The molecule has 1 heterocycles. The fraction of sp³-hybridized carbons (Fsp3) is 0.500. The van der Waals surface area contributed by atoms with Gasteiger partial charge in [-0.15, -0.1) is 0 Å². The lowest BCUT2D eigenvalue weighted by atomic mass is 10.1. The van der Waals surface area contributed by atoms with Crippen LogP contribution in [0.3, 0.4) is 0 Å². The molecule has 1 aromatic rings. The number of amides is 2. The number of benzene rings is 1. The Morgan fingerprint density at radius 3 is 2.43 bits per heavy atom. The molecular formula is C16H21FN2O2. The van der Waals surface area contributed by atoms with Gasteiger partial charge in [0.15, 0.2) is 0 Å². The van der Waals surface area contributed by atoms with Gasteiger partial charge in [-0.1, -0.05) is 26.0 Å². The predicted molar refractivity (Wildman–Crippen MR) is 77.9 cm³/mol. The van der Waals surface area contributed by atoms with Crippen molar-refractivity contribution in [3.05, 3.63) is 35.6 Å². The van der Waals surface area contributed by atoms with E-state index >= 15 is 0 Å². The summed E-state index contributed by atoms with van der Waals surface area (Å²) < 4.78 is 12.8. The van der Waals surface area contributed by atoms with Crippen LogP contribution < -0.4 is 5.32 Å². The van der Waals surface area contributed by atoms with Crippen molar-refractivity contribution in [3.8, 4) is 0 Å². The van der Waals surface area contributed by atoms with Crippen LogP contribution in [0.15, 0.2) is 24.3 Å². The van der Waals surface area contributed by atoms with Crippen molar-refractivity contribution in [3.63, 3.8) is 0 Å². The number of carbonyl (C=O) groups is 2. The Bertz CT molecular complexity index is 512. The number of nitrogens with one attached hydrogen (secondary N) is 1. The lowest BCUT2D eigenvalue weighted by molar-refractivity contribution is -0.141. The zero-order chi connectivity index (χ0) is 15.4. The van der Waals surface area contributed by atoms with Crippen molar-refractivity contribution in [1.82, 2.24) is 10.2 Å². The SMILES string of the molecule is CCC(CC)N1C(=O)CC(NCc2ccc(F)cc2)C1=O. The molecule has 1 saturated heterocycles. The summed E-state index contributed by atoms with van der Waals surface area (Å²) in [5.74, 6) is -0.535. The second kappa shape index (κ2) is 6.80. The molecule has 0 aliphatic carbocycles. The minimum absolute atomic E-state index is 0.0115. The zero-order valence-electron chi connectivity index (χ0n) is 12.4. The zero-order valence-corrected chi connectivity index (χ0v) is 12.4. The minimum atomic E-state index is -0.469. The first-order valence-corrected chi connectivity index (χ1v) is 7.40. The van der Waals surface area contributed by atoms with Crippen LogP contribution in [0.25, 0.3) is 0 Å². The molecule has 1 fully saturated rings. The van der Waals surface area contributed by atoms with Crippen LogP contribution >= 0.6 is 0 Å². The fourth-order valence-corrected chi connectivity index (χ4v) is 2.69. The molecule has 0 aromatic heterocycles. The summed E-state index contributed by atoms with van der Waals surface area (Å²) in [6.45, 7) is 4.41. The van der Waals surface area contributed by atoms with Crippen LogP contribution in [0.1, 0.15) is 38.7 Å². The van der Waals surface area contributed by atoms with Gasteiger partial charge in [0.05, 0.1) is 12.5 Å². The smallest absolute Gasteiger partial charge is 0.247 e. The summed E-state index contributed by atoms with van der Waals surface area (Å²) in [7, 11) is 0. The lowest BCUT2D eigenvalue weighted by Crippen LogP contribution is -2.43. The minimum Gasteiger partial charge on any atom is -0.301 e. The maximum absolute atomic E-state index is 12.8. The van der Waals surface area contributed by atoms with Gasteiger partial charge in [-0.2, -0.15) is 0 Å². The van der Waals surface area contributed by atoms with Gasteiger partial charge in [0.25, 0.3) is 0 Å². The monoisotopic (exact) mass is 292 g/mol. The Morgan fingerprint density at radius 1 is 1.24 bits per heavy atom. The normalized spacial score (nSPS) is 18.9. The third kappa shape index (κ3) is 3.47. The number of halogens is 1. The number of nitrogens with zero attached hydrogens (tertiary/aromatic N) is 1. The molecule has 2 rings (SSSR count). The van der Waals surface area contributed by atoms with E-state index in [2.05, 4.69) is 5.32 Å². The molecule has 1 aliphatic rings. The molecule has 5 heteroatoms. The maximum Gasteiger partial charge on any atom is 0.247 e. The second-order valence-electron chi connectivity index (χ2n) is 5.34. The molecule has 0 bridgehead atoms. The van der Waals surface area contributed by atoms with Crippen molar-refractivity contribution in [1.29, 1.82) is 0 Å². The molecular weight excluding hydrogens is 271 g/mol. The molecule has 1 atom stereocenters. The second-order valence-corrected chi connectivity index (χ2v) is 5.34. The summed E-state index contributed by atoms with van der Waals surface area (Å²) in [4.78, 5) is 25.8. The average Bonchev–Trinajstić information content (AvgIpc) is 2.76. The maximum atomic E-state index is 12.8. The van der Waals surface area contributed by atoms with Crippen molar-refractivity contribution >= 4 is 11.8 Å². The van der Waals surface area contributed by atoms with Gasteiger partial charge in [0.2, 0.25) is 11.8 Å². The van der Waals surface area contributed by atoms with E-state index in [-0.39, 0.29) is 30.1 Å². The first kappa shape index (κ1) is 15.6. The highest BCUT2D eigenvalue weighted by atomic mass is 19.1. The first-order chi connectivity index (χ1) is 10.1. The molecule has 1 N–H and O–H groups in total. The van der Waals surface area contributed by atoms with Crippen LogP contribution in [0.5, 0.6) is 0 Å². The van der Waals surface area contributed by atoms with Gasteiger partial charge >= 0.3 is 0 Å². The van der Waals surface area contributed by atoms with Gasteiger partial charge in [-0.05, 0) is 30.5 Å². The molecule has 4 nitrogen and oxygen atoms in total. The van der Waals surface area contributed by atoms with Gasteiger partial charge in [-0.3, -0.25) is 14.5 Å². The first-order valence-electron chi connectivity index (χ1n) is 7.40. The van der Waals surface area contributed by atoms with Gasteiger partial charge in [0, 0.05) is 12.6 Å². The Hall–Kier alpha value is -1.75. The third-order valence-corrected chi connectivity index (χ3v) is 3.96. The molecule has 0 saturated carbocycles. The van der Waals surface area contributed by atoms with Gasteiger partial charge in [0.1, 0.15) is 5.82 Å². The molecule has 1 aliphatic heterocycles. The number of hydrogen-bond acceptors (Lipinski definition) is 3. The van der Waals surface area contributed by atoms with Crippen molar-refractivity contribution in [2.45, 2.75) is 51.7 Å². The van der Waals surface area contributed by atoms with E-state index in [1.54, 1.807) is 12.1 Å². The standard InChI is InChI=1S/C16H21FN2O2/c1-3-13(4-2)19-15(20)9-14(16(19)21)18-10-11-5-7-12(17)8-6-11/h5-8,13-14,18H,3-4,9-10H2,1-2H3. The predicted octanol–water partition coefficient (Wildman–Crippen LogP) is 2.23. The topological polar surface area (TPSA) is 49.4 Å². The Morgan fingerprint density at radius 2 is 1.86 bits per heavy atom. The van der Waals surface area contributed by atoms with Crippen LogP contribution in [0.2, 0.25) is 0 Å². The molecule has 114 valence electrons. The van der Waals surface area contributed by atoms with Crippen LogP contribution in [0, 0.1) is 5.82 Å². The number of carbonyl (C=O) groups excluding carboxylic acids is 2. The van der Waals surface area contributed by atoms with Crippen molar-refractivity contribution < 1.29 is 14.0 Å². The highest BCUT2D eigenvalue weighted by molar-refractivity contribution is 6.05. The van der Waals surface area contributed by atoms with E-state index in [9.17, 15) is 14.0 Å². The Labute approximate surface area is 124 Å². The van der Waals surface area contributed by atoms with Crippen molar-refractivity contribution in [2.24, 2.45) is 0 Å². The van der Waals surface area contributed by atoms with E-state index in [1.165, 1.54) is 17.0 Å². The van der Waals surface area contributed by atoms with E-state index in [0.29, 0.717) is 6.54 Å². The van der Waals surface area contributed by atoms with E-state index in [4.69, 9.17) is 0 Å². The summed E-state index contributed by atoms with van der Waals surface area (Å²) in [6.07, 6.45) is 1.76. The molecule has 2 amide bonds. The molecule has 21 heavy (non-hydrogen) atoms. The van der Waals surface area contributed by atoms with Crippen molar-refractivity contribution in [2.75, 3.05) is 0 Å². The summed E-state index contributed by atoms with van der Waals surface area (Å²) >= 11 is 0. The van der Waals surface area contributed by atoms with Gasteiger partial charge in [-0.25, -0.2) is 4.39 Å². The number of imide groups is 1. The molecule has 0 spiro atoms. The quantitative estimate of drug-likeness (QED) is 0.818. The summed E-state index contributed by atoms with van der Waals surface area (Å²) in [6, 6.07) is 5.63. The summed E-state index contributed by atoms with van der Waals surface area (Å²) in [5.41, 5.74) is 0.887. The average molecular weight is 292 g/mol. The number of rotatable bonds is 6. The number of hydrogen-bond donors (Lipinski definition) is 1. The summed E-state index contributed by atoms with van der Waals surface area (Å²) in [5, 5.41) is 3.10. The number of likely N-dealkylation sites (tertiary alicyclic amines) is 1. The van der Waals surface area contributed by atoms with E-state index in [1.807, 2.05) is 13.8 Å². The Balaban J connectivity index is 1.97. The highest BCUT2D eigenvalue weighted by Crippen LogP contribution is 2.20. The highest BCUT2D eigenvalue weighted by Gasteiger charge is 2.40. The van der Waals surface area contributed by atoms with Crippen LogP contribution in [0.4, 0.5) is 4.39 Å². The van der Waals surface area contributed by atoms with Crippen LogP contribution in [-0.4, -0.2) is 28.8 Å². The fourth-order valence-electron chi connectivity index (χ4n) is 2.69. The Kier molecular flexibility index (Phi) is 5.07. The van der Waals surface area contributed by atoms with Crippen LogP contribution in [-0.2, 0) is 16.1 Å². The molecule has 1 unspecified atom stereocenters. The largest absolute Gasteiger partial charge is 0.301 e. The van der Waals surface area contributed by atoms with E-state index in [0.717, 1.165) is 18.4 Å². The molecule has 1 aromatic carbocycles. The van der Waals surface area contributed by atoms with Gasteiger partial charge < -0.3 is 5.32 Å². The third-order valence-electron chi connectivity index (χ3n) is 3.96. The van der Waals surface area contributed by atoms with E-state index < -0.39 is 6.04 Å². The molecule has 0 radical (unpaired) electrons. The lowest BCUT2D eigenvalue weighted by Gasteiger charge is -2.24.